The van der Waals surface area contributed by atoms with Crippen LogP contribution in [0, 0.1) is 0 Å². The third-order valence-electron chi connectivity index (χ3n) is 3.79. The molecule has 1 fully saturated rings. The van der Waals surface area contributed by atoms with Crippen LogP contribution in [-0.2, 0) is 22.4 Å². The SMILES string of the molecule is O=C(O)C1COCCN1c1ncnc2c1CCCC2. The average Bonchev–Trinajstić information content (AvgIpc) is 2.46. The zero-order chi connectivity index (χ0) is 13.2. The molecule has 102 valence electrons. The zero-order valence-electron chi connectivity index (χ0n) is 10.7. The lowest BCUT2D eigenvalue weighted by molar-refractivity contribution is -0.141. The van der Waals surface area contributed by atoms with Crippen molar-refractivity contribution in [2.24, 2.45) is 0 Å². The highest BCUT2D eigenvalue weighted by atomic mass is 16.5. The number of anilines is 1. The maximum atomic E-state index is 11.3. The van der Waals surface area contributed by atoms with E-state index < -0.39 is 12.0 Å². The summed E-state index contributed by atoms with van der Waals surface area (Å²) in [6, 6.07) is -0.644. The number of hydrogen-bond acceptors (Lipinski definition) is 5. The van der Waals surface area contributed by atoms with Crippen LogP contribution < -0.4 is 4.90 Å². The quantitative estimate of drug-likeness (QED) is 0.844. The van der Waals surface area contributed by atoms with Crippen LogP contribution in [0.3, 0.4) is 0 Å². The molecule has 1 aliphatic heterocycles. The van der Waals surface area contributed by atoms with Gasteiger partial charge in [0.2, 0.25) is 0 Å². The van der Waals surface area contributed by atoms with Crippen molar-refractivity contribution in [2.75, 3.05) is 24.7 Å². The van der Waals surface area contributed by atoms with E-state index in [-0.39, 0.29) is 6.61 Å². The molecule has 0 bridgehead atoms. The van der Waals surface area contributed by atoms with Crippen molar-refractivity contribution in [1.82, 2.24) is 9.97 Å². The van der Waals surface area contributed by atoms with Gasteiger partial charge in [0.1, 0.15) is 12.1 Å². The molecule has 1 N–H and O–H groups in total. The number of ether oxygens (including phenoxy) is 1. The molecule has 0 saturated carbocycles. The lowest BCUT2D eigenvalue weighted by Gasteiger charge is -2.35. The summed E-state index contributed by atoms with van der Waals surface area (Å²) in [7, 11) is 0. The van der Waals surface area contributed by atoms with Crippen LogP contribution >= 0.6 is 0 Å². The second-order valence-corrected chi connectivity index (χ2v) is 4.95. The Balaban J connectivity index is 1.98. The minimum absolute atomic E-state index is 0.216. The second-order valence-electron chi connectivity index (χ2n) is 4.95. The monoisotopic (exact) mass is 263 g/mol. The van der Waals surface area contributed by atoms with E-state index in [1.54, 1.807) is 6.33 Å². The lowest BCUT2D eigenvalue weighted by Crippen LogP contribution is -2.51. The molecule has 0 spiro atoms. The first kappa shape index (κ1) is 12.3. The highest BCUT2D eigenvalue weighted by Gasteiger charge is 2.32. The molecule has 6 nitrogen and oxygen atoms in total. The number of carboxylic acid groups (broad SMARTS) is 1. The summed E-state index contributed by atoms with van der Waals surface area (Å²) in [5.41, 5.74) is 2.20. The summed E-state index contributed by atoms with van der Waals surface area (Å²) in [5, 5.41) is 9.31. The number of rotatable bonds is 2. The molecule has 1 saturated heterocycles. The van der Waals surface area contributed by atoms with Crippen molar-refractivity contribution in [2.45, 2.75) is 31.7 Å². The molecule has 6 heteroatoms. The Kier molecular flexibility index (Phi) is 3.33. The van der Waals surface area contributed by atoms with E-state index in [0.29, 0.717) is 13.2 Å². The number of nitrogens with zero attached hydrogens (tertiary/aromatic N) is 3. The number of aliphatic carboxylic acids is 1. The summed E-state index contributed by atoms with van der Waals surface area (Å²) in [6.45, 7) is 1.33. The number of carbonyl (C=O) groups is 1. The van der Waals surface area contributed by atoms with Gasteiger partial charge in [-0.05, 0) is 25.7 Å². The molecule has 1 unspecified atom stereocenters. The summed E-state index contributed by atoms with van der Waals surface area (Å²) >= 11 is 0. The Morgan fingerprint density at radius 2 is 2.21 bits per heavy atom. The van der Waals surface area contributed by atoms with Gasteiger partial charge in [0.05, 0.1) is 13.2 Å². The van der Waals surface area contributed by atoms with Crippen molar-refractivity contribution in [3.63, 3.8) is 0 Å². The molecule has 0 radical (unpaired) electrons. The average molecular weight is 263 g/mol. The summed E-state index contributed by atoms with van der Waals surface area (Å²) in [6.07, 6.45) is 5.72. The Labute approximate surface area is 111 Å². The molecule has 1 atom stereocenters. The van der Waals surface area contributed by atoms with Crippen LogP contribution in [0.4, 0.5) is 5.82 Å². The number of morpholine rings is 1. The fraction of sp³-hybridized carbons (Fsp3) is 0.615. The Bertz CT molecular complexity index is 492. The van der Waals surface area contributed by atoms with E-state index in [1.165, 1.54) is 0 Å². The third kappa shape index (κ3) is 2.28. The molecule has 1 aromatic rings. The van der Waals surface area contributed by atoms with E-state index in [1.807, 2.05) is 4.90 Å². The predicted octanol–water partition coefficient (Wildman–Crippen LogP) is 0.645. The molecule has 2 heterocycles. The zero-order valence-corrected chi connectivity index (χ0v) is 10.7. The maximum Gasteiger partial charge on any atom is 0.328 e. The number of aromatic nitrogens is 2. The van der Waals surface area contributed by atoms with E-state index in [0.717, 1.165) is 42.8 Å². The fourth-order valence-electron chi connectivity index (χ4n) is 2.81. The number of fused-ring (bicyclic) bond motifs is 1. The third-order valence-corrected chi connectivity index (χ3v) is 3.79. The van der Waals surface area contributed by atoms with Crippen molar-refractivity contribution in [3.8, 4) is 0 Å². The van der Waals surface area contributed by atoms with Gasteiger partial charge >= 0.3 is 5.97 Å². The van der Waals surface area contributed by atoms with Gasteiger partial charge in [-0.25, -0.2) is 14.8 Å². The standard InChI is InChI=1S/C13H17N3O3/c17-13(18)11-7-19-6-5-16(11)12-9-3-1-2-4-10(9)14-8-15-12/h8,11H,1-7H2,(H,17,18). The minimum atomic E-state index is -0.858. The van der Waals surface area contributed by atoms with Gasteiger partial charge in [-0.15, -0.1) is 0 Å². The fourth-order valence-corrected chi connectivity index (χ4v) is 2.81. The largest absolute Gasteiger partial charge is 0.480 e. The molecule has 2 aliphatic rings. The number of hydrogen-bond donors (Lipinski definition) is 1. The van der Waals surface area contributed by atoms with Crippen molar-refractivity contribution >= 4 is 11.8 Å². The number of aryl methyl sites for hydroxylation is 1. The van der Waals surface area contributed by atoms with E-state index in [2.05, 4.69) is 9.97 Å². The smallest absolute Gasteiger partial charge is 0.328 e. The van der Waals surface area contributed by atoms with Crippen molar-refractivity contribution in [3.05, 3.63) is 17.6 Å². The van der Waals surface area contributed by atoms with Gasteiger partial charge in [-0.2, -0.15) is 0 Å². The molecular formula is C13H17N3O3. The van der Waals surface area contributed by atoms with Gasteiger partial charge in [-0.3, -0.25) is 0 Å². The van der Waals surface area contributed by atoms with Crippen molar-refractivity contribution in [1.29, 1.82) is 0 Å². The Morgan fingerprint density at radius 1 is 1.37 bits per heavy atom. The van der Waals surface area contributed by atoms with E-state index in [9.17, 15) is 9.90 Å². The molecule has 0 aromatic carbocycles. The van der Waals surface area contributed by atoms with Gasteiger partial charge in [-0.1, -0.05) is 0 Å². The Morgan fingerprint density at radius 3 is 3.05 bits per heavy atom. The molecule has 0 amide bonds. The Hall–Kier alpha value is -1.69. The van der Waals surface area contributed by atoms with E-state index in [4.69, 9.17) is 4.74 Å². The first-order chi connectivity index (χ1) is 9.27. The van der Waals surface area contributed by atoms with Crippen LogP contribution in [-0.4, -0.2) is 46.8 Å². The summed E-state index contributed by atoms with van der Waals surface area (Å²) < 4.78 is 5.27. The highest BCUT2D eigenvalue weighted by Crippen LogP contribution is 2.29. The molecule has 19 heavy (non-hydrogen) atoms. The highest BCUT2D eigenvalue weighted by molar-refractivity contribution is 5.78. The lowest BCUT2D eigenvalue weighted by atomic mass is 9.96. The first-order valence-electron chi connectivity index (χ1n) is 6.67. The topological polar surface area (TPSA) is 75.6 Å². The van der Waals surface area contributed by atoms with Gasteiger partial charge < -0.3 is 14.7 Å². The normalized spacial score (nSPS) is 22.9. The first-order valence-corrected chi connectivity index (χ1v) is 6.67. The molecule has 1 aromatic heterocycles. The minimum Gasteiger partial charge on any atom is -0.480 e. The summed E-state index contributed by atoms with van der Waals surface area (Å²) in [5.74, 6) is -0.0664. The van der Waals surface area contributed by atoms with Crippen molar-refractivity contribution < 1.29 is 14.6 Å². The number of carboxylic acids is 1. The van der Waals surface area contributed by atoms with Crippen LogP contribution in [0.5, 0.6) is 0 Å². The molecule has 1 aliphatic carbocycles. The van der Waals surface area contributed by atoms with Crippen LogP contribution in [0.2, 0.25) is 0 Å². The van der Waals surface area contributed by atoms with E-state index >= 15 is 0 Å². The predicted molar refractivity (Wildman–Crippen MR) is 68.3 cm³/mol. The van der Waals surface area contributed by atoms with Gasteiger partial charge in [0.25, 0.3) is 0 Å². The second kappa shape index (κ2) is 5.13. The van der Waals surface area contributed by atoms with Crippen LogP contribution in [0.1, 0.15) is 24.1 Å². The molecule has 3 rings (SSSR count). The van der Waals surface area contributed by atoms with Gasteiger partial charge in [0.15, 0.2) is 6.04 Å². The van der Waals surface area contributed by atoms with Crippen LogP contribution in [0.15, 0.2) is 6.33 Å². The van der Waals surface area contributed by atoms with Gasteiger partial charge in [0, 0.05) is 17.8 Å². The maximum absolute atomic E-state index is 11.3. The summed E-state index contributed by atoms with van der Waals surface area (Å²) in [4.78, 5) is 21.9. The molecular weight excluding hydrogens is 246 g/mol. The van der Waals surface area contributed by atoms with Crippen LogP contribution in [0.25, 0.3) is 0 Å².